The van der Waals surface area contributed by atoms with Gasteiger partial charge in [0.2, 0.25) is 0 Å². The van der Waals surface area contributed by atoms with Crippen molar-refractivity contribution in [3.8, 4) is 0 Å². The number of nitrogens with zero attached hydrogens (tertiary/aromatic N) is 2. The van der Waals surface area contributed by atoms with Gasteiger partial charge in [-0.3, -0.25) is 0 Å². The molecule has 70 valence electrons. The molecule has 0 aromatic carbocycles. The molecule has 0 bridgehead atoms. The van der Waals surface area contributed by atoms with Crippen LogP contribution in [-0.2, 0) is 0 Å². The molecule has 1 aromatic heterocycles. The third-order valence-electron chi connectivity index (χ3n) is 2.16. The van der Waals surface area contributed by atoms with E-state index in [9.17, 15) is 0 Å². The molecule has 2 heteroatoms. The van der Waals surface area contributed by atoms with Gasteiger partial charge in [0.15, 0.2) is 0 Å². The lowest BCUT2D eigenvalue weighted by molar-refractivity contribution is 0.726. The minimum absolute atomic E-state index is 0.377. The molecule has 0 aliphatic heterocycles. The van der Waals surface area contributed by atoms with Crippen molar-refractivity contribution in [2.75, 3.05) is 0 Å². The second-order valence-corrected chi connectivity index (χ2v) is 3.34. The van der Waals surface area contributed by atoms with Gasteiger partial charge in [-0.05, 0) is 26.3 Å². The number of rotatable bonds is 3. The first-order valence-corrected chi connectivity index (χ1v) is 4.60. The summed E-state index contributed by atoms with van der Waals surface area (Å²) in [6, 6.07) is 1.97. The van der Waals surface area contributed by atoms with E-state index in [4.69, 9.17) is 0 Å². The van der Waals surface area contributed by atoms with E-state index in [0.29, 0.717) is 5.92 Å². The molecule has 0 saturated heterocycles. The minimum atomic E-state index is 0.377. The van der Waals surface area contributed by atoms with Crippen molar-refractivity contribution in [3.05, 3.63) is 35.9 Å². The van der Waals surface area contributed by atoms with Crippen LogP contribution in [0.3, 0.4) is 0 Å². The molecule has 0 fully saturated rings. The topological polar surface area (TPSA) is 25.8 Å². The average Bonchev–Trinajstić information content (AvgIpc) is 2.04. The van der Waals surface area contributed by atoms with Crippen LogP contribution >= 0.6 is 0 Å². The fourth-order valence-electron chi connectivity index (χ4n) is 1.48. The van der Waals surface area contributed by atoms with Crippen molar-refractivity contribution in [1.29, 1.82) is 0 Å². The van der Waals surface area contributed by atoms with E-state index in [1.807, 2.05) is 26.1 Å². The molecule has 1 rings (SSSR count). The summed E-state index contributed by atoms with van der Waals surface area (Å²) < 4.78 is 0. The standard InChI is InChI=1S/C11H16N2/c1-5-10(8(2)3)11-6-7-12-9(4)13-11/h6-7,10H,2,5H2,1,3-4H3. The molecule has 1 aromatic rings. The van der Waals surface area contributed by atoms with Crippen LogP contribution in [0.15, 0.2) is 24.4 Å². The molecule has 0 saturated carbocycles. The zero-order valence-corrected chi connectivity index (χ0v) is 8.54. The minimum Gasteiger partial charge on any atom is -0.242 e. The highest BCUT2D eigenvalue weighted by molar-refractivity contribution is 5.18. The summed E-state index contributed by atoms with van der Waals surface area (Å²) in [4.78, 5) is 8.47. The molecule has 0 N–H and O–H groups in total. The molecule has 0 aliphatic rings. The maximum absolute atomic E-state index is 4.39. The third kappa shape index (κ3) is 2.38. The monoisotopic (exact) mass is 176 g/mol. The maximum atomic E-state index is 4.39. The first-order chi connectivity index (χ1) is 6.15. The molecule has 2 nitrogen and oxygen atoms in total. The maximum Gasteiger partial charge on any atom is 0.125 e. The molecule has 13 heavy (non-hydrogen) atoms. The Morgan fingerprint density at radius 3 is 2.77 bits per heavy atom. The van der Waals surface area contributed by atoms with Crippen LogP contribution < -0.4 is 0 Å². The van der Waals surface area contributed by atoms with Crippen LogP contribution in [-0.4, -0.2) is 9.97 Å². The van der Waals surface area contributed by atoms with Gasteiger partial charge in [-0.15, -0.1) is 0 Å². The van der Waals surface area contributed by atoms with Gasteiger partial charge in [0, 0.05) is 12.1 Å². The van der Waals surface area contributed by atoms with Gasteiger partial charge in [0.05, 0.1) is 5.69 Å². The van der Waals surface area contributed by atoms with Gasteiger partial charge in [0.1, 0.15) is 5.82 Å². The van der Waals surface area contributed by atoms with E-state index in [1.165, 1.54) is 5.57 Å². The molecule has 0 amide bonds. The molecule has 0 radical (unpaired) electrons. The highest BCUT2D eigenvalue weighted by atomic mass is 14.9. The van der Waals surface area contributed by atoms with Crippen molar-refractivity contribution in [1.82, 2.24) is 9.97 Å². The van der Waals surface area contributed by atoms with Crippen LogP contribution in [0.2, 0.25) is 0 Å². The van der Waals surface area contributed by atoms with Crippen LogP contribution in [0.5, 0.6) is 0 Å². The summed E-state index contributed by atoms with van der Waals surface area (Å²) in [7, 11) is 0. The van der Waals surface area contributed by atoms with Gasteiger partial charge in [-0.2, -0.15) is 0 Å². The van der Waals surface area contributed by atoms with E-state index in [1.54, 1.807) is 0 Å². The predicted octanol–water partition coefficient (Wildman–Crippen LogP) is 2.85. The summed E-state index contributed by atoms with van der Waals surface area (Å²) in [6.45, 7) is 10.1. The number of hydrogen-bond acceptors (Lipinski definition) is 2. The molecule has 0 spiro atoms. The van der Waals surface area contributed by atoms with Crippen molar-refractivity contribution < 1.29 is 0 Å². The second-order valence-electron chi connectivity index (χ2n) is 3.34. The summed E-state index contributed by atoms with van der Waals surface area (Å²) in [5, 5.41) is 0. The molecule has 1 heterocycles. The first kappa shape index (κ1) is 9.90. The summed E-state index contributed by atoms with van der Waals surface area (Å²) in [6.07, 6.45) is 2.86. The van der Waals surface area contributed by atoms with Gasteiger partial charge in [-0.1, -0.05) is 19.1 Å². The van der Waals surface area contributed by atoms with Crippen LogP contribution in [0, 0.1) is 6.92 Å². The fraction of sp³-hybridized carbons (Fsp3) is 0.455. The van der Waals surface area contributed by atoms with Gasteiger partial charge >= 0.3 is 0 Å². The SMILES string of the molecule is C=C(C)C(CC)c1ccnc(C)n1. The highest BCUT2D eigenvalue weighted by Gasteiger charge is 2.11. The largest absolute Gasteiger partial charge is 0.242 e. The Kier molecular flexibility index (Phi) is 3.18. The zero-order chi connectivity index (χ0) is 9.84. The summed E-state index contributed by atoms with van der Waals surface area (Å²) in [5.41, 5.74) is 2.25. The smallest absolute Gasteiger partial charge is 0.125 e. The molecule has 0 aliphatic carbocycles. The van der Waals surface area contributed by atoms with E-state index < -0.39 is 0 Å². The van der Waals surface area contributed by atoms with E-state index >= 15 is 0 Å². The molecular weight excluding hydrogens is 160 g/mol. The normalized spacial score (nSPS) is 12.5. The third-order valence-corrected chi connectivity index (χ3v) is 2.16. The Balaban J connectivity index is 2.98. The van der Waals surface area contributed by atoms with Crippen LogP contribution in [0.25, 0.3) is 0 Å². The zero-order valence-electron chi connectivity index (χ0n) is 8.54. The Hall–Kier alpha value is -1.18. The predicted molar refractivity (Wildman–Crippen MR) is 54.6 cm³/mol. The van der Waals surface area contributed by atoms with E-state index in [0.717, 1.165) is 17.9 Å². The first-order valence-electron chi connectivity index (χ1n) is 4.60. The van der Waals surface area contributed by atoms with Crippen LogP contribution in [0.4, 0.5) is 0 Å². The molecular formula is C11H16N2. The van der Waals surface area contributed by atoms with Gasteiger partial charge in [-0.25, -0.2) is 9.97 Å². The fourth-order valence-corrected chi connectivity index (χ4v) is 1.48. The average molecular weight is 176 g/mol. The quantitative estimate of drug-likeness (QED) is 0.662. The summed E-state index contributed by atoms with van der Waals surface area (Å²) >= 11 is 0. The number of aryl methyl sites for hydroxylation is 1. The lowest BCUT2D eigenvalue weighted by Gasteiger charge is -2.13. The van der Waals surface area contributed by atoms with Crippen LogP contribution in [0.1, 0.15) is 37.7 Å². The number of aromatic nitrogens is 2. The van der Waals surface area contributed by atoms with E-state index in [-0.39, 0.29) is 0 Å². The number of allylic oxidation sites excluding steroid dienone is 1. The Morgan fingerprint density at radius 2 is 2.31 bits per heavy atom. The Labute approximate surface area is 79.7 Å². The van der Waals surface area contributed by atoms with Gasteiger partial charge in [0.25, 0.3) is 0 Å². The lowest BCUT2D eigenvalue weighted by Crippen LogP contribution is -2.02. The lowest BCUT2D eigenvalue weighted by atomic mass is 9.95. The van der Waals surface area contributed by atoms with Crippen molar-refractivity contribution >= 4 is 0 Å². The highest BCUT2D eigenvalue weighted by Crippen LogP contribution is 2.23. The Morgan fingerprint density at radius 1 is 1.62 bits per heavy atom. The number of hydrogen-bond donors (Lipinski definition) is 0. The van der Waals surface area contributed by atoms with Crippen molar-refractivity contribution in [3.63, 3.8) is 0 Å². The summed E-state index contributed by atoms with van der Waals surface area (Å²) in [5.74, 6) is 1.21. The molecule has 1 unspecified atom stereocenters. The Bertz CT molecular complexity index is 305. The van der Waals surface area contributed by atoms with Crippen molar-refractivity contribution in [2.45, 2.75) is 33.1 Å². The van der Waals surface area contributed by atoms with Gasteiger partial charge < -0.3 is 0 Å². The van der Waals surface area contributed by atoms with E-state index in [2.05, 4.69) is 23.5 Å². The second kappa shape index (κ2) is 4.17. The molecule has 1 atom stereocenters. The van der Waals surface area contributed by atoms with Crippen molar-refractivity contribution in [2.24, 2.45) is 0 Å².